The van der Waals surface area contributed by atoms with Crippen LogP contribution in [0.25, 0.3) is 0 Å². The summed E-state index contributed by atoms with van der Waals surface area (Å²) in [5.41, 5.74) is 0. The second kappa shape index (κ2) is 8.69. The van der Waals surface area contributed by atoms with Crippen molar-refractivity contribution in [3.63, 3.8) is 0 Å². The van der Waals surface area contributed by atoms with Crippen LogP contribution in [0.2, 0.25) is 0 Å². The van der Waals surface area contributed by atoms with E-state index in [9.17, 15) is 4.91 Å². The van der Waals surface area contributed by atoms with Crippen LogP contribution in [0.3, 0.4) is 0 Å². The molecule has 3 nitrogen and oxygen atoms in total. The van der Waals surface area contributed by atoms with Crippen LogP contribution < -0.4 is 0 Å². The van der Waals surface area contributed by atoms with Crippen LogP contribution in [0.15, 0.2) is 5.34 Å². The van der Waals surface area contributed by atoms with E-state index in [1.807, 2.05) is 0 Å². The molecular weight excluding hydrogens is 190 g/mol. The molecular formula is C12H23NO2. The first kappa shape index (κ1) is 12.5. The van der Waals surface area contributed by atoms with Gasteiger partial charge in [0.25, 0.3) is 0 Å². The molecule has 0 heterocycles. The molecule has 88 valence electrons. The van der Waals surface area contributed by atoms with E-state index in [2.05, 4.69) is 10.2 Å². The number of nitrogens with zero attached hydrogens (tertiary/aromatic N) is 1. The first-order valence-corrected chi connectivity index (χ1v) is 6.42. The van der Waals surface area contributed by atoms with Crippen molar-refractivity contribution in [3.8, 4) is 0 Å². The van der Waals surface area contributed by atoms with Crippen molar-refractivity contribution in [3.05, 3.63) is 4.91 Å². The van der Waals surface area contributed by atoms with Crippen LogP contribution in [0, 0.1) is 4.91 Å². The molecule has 2 aliphatic carbocycles. The van der Waals surface area contributed by atoms with Crippen LogP contribution in [-0.4, -0.2) is 6.10 Å². The highest BCUT2D eigenvalue weighted by molar-refractivity contribution is 4.63. The summed E-state index contributed by atoms with van der Waals surface area (Å²) >= 11 is 0. The second-order valence-electron chi connectivity index (χ2n) is 4.56. The van der Waals surface area contributed by atoms with E-state index < -0.39 is 0 Å². The predicted octanol–water partition coefficient (Wildman–Crippen LogP) is 4.36. The molecule has 0 aliphatic heterocycles. The molecule has 0 atom stereocenters. The van der Waals surface area contributed by atoms with Crippen molar-refractivity contribution in [2.24, 2.45) is 5.34 Å². The first-order chi connectivity index (χ1) is 7.43. The molecule has 0 amide bonds. The summed E-state index contributed by atoms with van der Waals surface area (Å²) in [4.78, 5) is 14.2. The fourth-order valence-electron chi connectivity index (χ4n) is 2.29. The van der Waals surface area contributed by atoms with E-state index in [0.717, 1.165) is 12.8 Å². The Labute approximate surface area is 92.5 Å². The quantitative estimate of drug-likeness (QED) is 0.505. The van der Waals surface area contributed by atoms with Gasteiger partial charge in [0.2, 0.25) is 0 Å². The zero-order valence-electron chi connectivity index (χ0n) is 9.62. The minimum absolute atomic E-state index is 0.122. The zero-order valence-corrected chi connectivity index (χ0v) is 9.62. The minimum atomic E-state index is 0.122. The fraction of sp³-hybridized carbons (Fsp3) is 1.00. The molecule has 0 unspecified atom stereocenters. The molecule has 2 aliphatic rings. The Morgan fingerprint density at radius 2 is 1.13 bits per heavy atom. The standard InChI is InChI=1S/C6H11NO2.C6H12/c8-7-9-6-4-2-1-3-5-6;1-2-4-6-5-3-1/h6H,1-5H2;1-6H2. The van der Waals surface area contributed by atoms with Gasteiger partial charge < -0.3 is 4.84 Å². The smallest absolute Gasteiger partial charge is 0.155 e. The highest BCUT2D eigenvalue weighted by atomic mass is 16.7. The molecule has 0 aromatic heterocycles. The highest BCUT2D eigenvalue weighted by Crippen LogP contribution is 2.20. The van der Waals surface area contributed by atoms with Crippen LogP contribution >= 0.6 is 0 Å². The maximum absolute atomic E-state index is 9.60. The summed E-state index contributed by atoms with van der Waals surface area (Å²) in [6.07, 6.45) is 14.8. The fourth-order valence-corrected chi connectivity index (χ4v) is 2.29. The molecule has 0 N–H and O–H groups in total. The second-order valence-corrected chi connectivity index (χ2v) is 4.56. The van der Waals surface area contributed by atoms with Crippen LogP contribution in [0.4, 0.5) is 0 Å². The Hall–Kier alpha value is -0.600. The summed E-state index contributed by atoms with van der Waals surface area (Å²) in [5.74, 6) is 0. The van der Waals surface area contributed by atoms with Gasteiger partial charge in [-0.1, -0.05) is 44.9 Å². The lowest BCUT2D eigenvalue weighted by Crippen LogP contribution is -2.13. The van der Waals surface area contributed by atoms with Crippen molar-refractivity contribution in [1.82, 2.24) is 0 Å². The third-order valence-corrected chi connectivity index (χ3v) is 3.24. The van der Waals surface area contributed by atoms with Gasteiger partial charge in [0.15, 0.2) is 5.34 Å². The first-order valence-electron chi connectivity index (χ1n) is 6.42. The van der Waals surface area contributed by atoms with Gasteiger partial charge in [-0.15, -0.1) is 4.91 Å². The van der Waals surface area contributed by atoms with Gasteiger partial charge in [-0.05, 0) is 25.7 Å². The summed E-state index contributed by atoms with van der Waals surface area (Å²) in [6.45, 7) is 0. The van der Waals surface area contributed by atoms with E-state index in [4.69, 9.17) is 0 Å². The van der Waals surface area contributed by atoms with Crippen LogP contribution in [-0.2, 0) is 4.84 Å². The lowest BCUT2D eigenvalue weighted by Gasteiger charge is -2.16. The summed E-state index contributed by atoms with van der Waals surface area (Å²) in [6, 6.07) is 0. The van der Waals surface area contributed by atoms with Crippen molar-refractivity contribution >= 4 is 0 Å². The molecule has 2 saturated carbocycles. The van der Waals surface area contributed by atoms with Gasteiger partial charge in [0.1, 0.15) is 6.10 Å². The number of rotatable bonds is 2. The van der Waals surface area contributed by atoms with Gasteiger partial charge in [-0.2, -0.15) is 0 Å². The zero-order chi connectivity index (χ0) is 10.8. The van der Waals surface area contributed by atoms with Gasteiger partial charge in [0, 0.05) is 0 Å². The average Bonchev–Trinajstić information content (AvgIpc) is 2.34. The molecule has 2 rings (SSSR count). The van der Waals surface area contributed by atoms with Crippen molar-refractivity contribution in [2.75, 3.05) is 0 Å². The number of hydrogen-bond acceptors (Lipinski definition) is 3. The van der Waals surface area contributed by atoms with Gasteiger partial charge in [-0.3, -0.25) is 0 Å². The monoisotopic (exact) mass is 213 g/mol. The van der Waals surface area contributed by atoms with Crippen LogP contribution in [0.5, 0.6) is 0 Å². The maximum atomic E-state index is 9.60. The van der Waals surface area contributed by atoms with Crippen molar-refractivity contribution in [2.45, 2.75) is 76.7 Å². The third kappa shape index (κ3) is 6.47. The lowest BCUT2D eigenvalue weighted by molar-refractivity contribution is 0.0297. The van der Waals surface area contributed by atoms with Gasteiger partial charge >= 0.3 is 0 Å². The largest absolute Gasteiger partial charge is 0.361 e. The van der Waals surface area contributed by atoms with E-state index in [0.29, 0.717) is 0 Å². The Morgan fingerprint density at radius 1 is 0.733 bits per heavy atom. The van der Waals surface area contributed by atoms with E-state index in [1.165, 1.54) is 57.8 Å². The van der Waals surface area contributed by atoms with Crippen molar-refractivity contribution in [1.29, 1.82) is 0 Å². The molecule has 0 radical (unpaired) electrons. The van der Waals surface area contributed by atoms with E-state index in [1.54, 1.807) is 0 Å². The molecule has 2 fully saturated rings. The molecule has 0 spiro atoms. The summed E-state index contributed by atoms with van der Waals surface area (Å²) in [5, 5.41) is 2.41. The SMILES string of the molecule is C1CCCCC1.O=NOC1CCCCC1. The number of hydrogen-bond donors (Lipinski definition) is 0. The Kier molecular flexibility index (Phi) is 7.22. The van der Waals surface area contributed by atoms with Crippen LogP contribution in [0.1, 0.15) is 70.6 Å². The Balaban J connectivity index is 0.000000162. The molecule has 0 bridgehead atoms. The topological polar surface area (TPSA) is 38.7 Å². The lowest BCUT2D eigenvalue weighted by atomic mass is 9.98. The van der Waals surface area contributed by atoms with E-state index >= 15 is 0 Å². The Morgan fingerprint density at radius 3 is 1.53 bits per heavy atom. The molecule has 0 aromatic rings. The molecule has 0 saturated heterocycles. The molecule has 0 aromatic carbocycles. The molecule has 3 heteroatoms. The normalized spacial score (nSPS) is 22.4. The summed E-state index contributed by atoms with van der Waals surface area (Å²) < 4.78 is 0. The third-order valence-electron chi connectivity index (χ3n) is 3.24. The van der Waals surface area contributed by atoms with Gasteiger partial charge in [0.05, 0.1) is 0 Å². The summed E-state index contributed by atoms with van der Waals surface area (Å²) in [7, 11) is 0. The van der Waals surface area contributed by atoms with Crippen molar-refractivity contribution < 1.29 is 4.84 Å². The highest BCUT2D eigenvalue weighted by Gasteiger charge is 2.13. The minimum Gasteiger partial charge on any atom is -0.361 e. The van der Waals surface area contributed by atoms with E-state index in [-0.39, 0.29) is 6.10 Å². The average molecular weight is 213 g/mol. The molecule has 15 heavy (non-hydrogen) atoms. The Bertz CT molecular complexity index is 140. The predicted molar refractivity (Wildman–Crippen MR) is 61.5 cm³/mol. The maximum Gasteiger partial charge on any atom is 0.155 e. The van der Waals surface area contributed by atoms with Gasteiger partial charge in [-0.25, -0.2) is 0 Å².